The van der Waals surface area contributed by atoms with Crippen LogP contribution >= 0.6 is 0 Å². The van der Waals surface area contributed by atoms with Crippen molar-refractivity contribution in [1.29, 1.82) is 0 Å². The number of sulfonamides is 2. The molecule has 0 heterocycles. The van der Waals surface area contributed by atoms with E-state index in [0.29, 0.717) is 6.54 Å². The summed E-state index contributed by atoms with van der Waals surface area (Å²) in [5.41, 5.74) is 4.85. The van der Waals surface area contributed by atoms with Gasteiger partial charge in [0.1, 0.15) is 5.82 Å². The Hall–Kier alpha value is -1.23. The Bertz CT molecular complexity index is 776. The van der Waals surface area contributed by atoms with Gasteiger partial charge in [-0.3, -0.25) is 4.72 Å². The molecule has 0 saturated heterocycles. The number of nitrogens with two attached hydrogens (primary N) is 1. The minimum Gasteiger partial charge on any atom is -0.330 e. The average molecular weight is 367 g/mol. The maximum atomic E-state index is 13.9. The molecule has 3 N–H and O–H groups in total. The fraction of sp³-hybridized carbons (Fsp3) is 0.538. The molecule has 0 aromatic heterocycles. The lowest BCUT2D eigenvalue weighted by atomic mass is 9.94. The Kier molecular flexibility index (Phi) is 5.79. The number of rotatable bonds is 7. The number of nitrogens with zero attached hydrogens (tertiary/aromatic N) is 1. The van der Waals surface area contributed by atoms with Gasteiger partial charge in [0.05, 0.1) is 16.8 Å². The lowest BCUT2D eigenvalue weighted by Gasteiger charge is -2.28. The van der Waals surface area contributed by atoms with Crippen molar-refractivity contribution < 1.29 is 21.2 Å². The lowest BCUT2D eigenvalue weighted by Crippen LogP contribution is -2.39. The predicted octanol–water partition coefficient (Wildman–Crippen LogP) is 0.803. The second-order valence-corrected chi connectivity index (χ2v) is 9.94. The van der Waals surface area contributed by atoms with Gasteiger partial charge in [-0.15, -0.1) is 0 Å². The zero-order valence-electron chi connectivity index (χ0n) is 13.5. The van der Waals surface area contributed by atoms with Gasteiger partial charge in [-0.25, -0.2) is 25.5 Å². The van der Waals surface area contributed by atoms with Crippen LogP contribution in [0, 0.1) is 11.2 Å². The molecule has 0 bridgehead atoms. The van der Waals surface area contributed by atoms with E-state index in [1.165, 1.54) is 7.05 Å². The van der Waals surface area contributed by atoms with Gasteiger partial charge in [0, 0.05) is 13.6 Å². The topological polar surface area (TPSA) is 110 Å². The molecule has 0 saturated carbocycles. The molecule has 0 unspecified atom stereocenters. The third-order valence-corrected chi connectivity index (χ3v) is 5.54. The zero-order chi connectivity index (χ0) is 18.1. The molecular formula is C13H22FN3O4S2. The fourth-order valence-corrected chi connectivity index (χ4v) is 3.81. The first kappa shape index (κ1) is 19.8. The van der Waals surface area contributed by atoms with Crippen LogP contribution in [0.2, 0.25) is 0 Å². The summed E-state index contributed by atoms with van der Waals surface area (Å²) in [6.07, 6.45) is 0.875. The number of halogens is 1. The molecule has 10 heteroatoms. The van der Waals surface area contributed by atoms with Crippen molar-refractivity contribution in [3.63, 3.8) is 0 Å². The van der Waals surface area contributed by atoms with Crippen LogP contribution in [0.3, 0.4) is 0 Å². The second kappa shape index (κ2) is 6.71. The fourth-order valence-electron chi connectivity index (χ4n) is 1.87. The Balaban J connectivity index is 3.13. The first-order chi connectivity index (χ1) is 10.3. The quantitative estimate of drug-likeness (QED) is 0.741. The van der Waals surface area contributed by atoms with E-state index < -0.39 is 31.3 Å². The van der Waals surface area contributed by atoms with Gasteiger partial charge in [-0.2, -0.15) is 0 Å². The molecule has 0 aliphatic rings. The molecule has 0 aliphatic carbocycles. The van der Waals surface area contributed by atoms with E-state index in [1.54, 1.807) is 0 Å². The van der Waals surface area contributed by atoms with Crippen LogP contribution in [-0.4, -0.2) is 47.5 Å². The Morgan fingerprint density at radius 2 is 1.83 bits per heavy atom. The summed E-state index contributed by atoms with van der Waals surface area (Å²) in [5, 5.41) is 0. The van der Waals surface area contributed by atoms with Crippen molar-refractivity contribution in [3.8, 4) is 0 Å². The monoisotopic (exact) mass is 367 g/mol. The second-order valence-electron chi connectivity index (χ2n) is 6.15. The van der Waals surface area contributed by atoms with Crippen LogP contribution < -0.4 is 10.5 Å². The highest BCUT2D eigenvalue weighted by Gasteiger charge is 2.28. The van der Waals surface area contributed by atoms with Crippen LogP contribution in [0.1, 0.15) is 13.8 Å². The van der Waals surface area contributed by atoms with Gasteiger partial charge in [-0.05, 0) is 30.2 Å². The SMILES string of the molecule is CN(CC(C)(C)CN)S(=O)(=O)c1ccc(NS(C)(=O)=O)c(F)c1. The maximum Gasteiger partial charge on any atom is 0.242 e. The van der Waals surface area contributed by atoms with Crippen LogP contribution in [0.25, 0.3) is 0 Å². The van der Waals surface area contributed by atoms with E-state index in [1.807, 2.05) is 18.6 Å². The Morgan fingerprint density at radius 3 is 2.26 bits per heavy atom. The van der Waals surface area contributed by atoms with Gasteiger partial charge in [0.25, 0.3) is 0 Å². The van der Waals surface area contributed by atoms with Crippen molar-refractivity contribution in [2.24, 2.45) is 11.1 Å². The molecule has 7 nitrogen and oxygen atoms in total. The van der Waals surface area contributed by atoms with Gasteiger partial charge in [0.2, 0.25) is 20.0 Å². The van der Waals surface area contributed by atoms with E-state index in [2.05, 4.69) is 0 Å². The van der Waals surface area contributed by atoms with Gasteiger partial charge in [-0.1, -0.05) is 13.8 Å². The zero-order valence-corrected chi connectivity index (χ0v) is 15.1. The van der Waals surface area contributed by atoms with E-state index in [0.717, 1.165) is 28.8 Å². The lowest BCUT2D eigenvalue weighted by molar-refractivity contribution is 0.292. The summed E-state index contributed by atoms with van der Waals surface area (Å²) in [5.74, 6) is -0.969. The Labute approximate surface area is 136 Å². The number of hydrogen-bond donors (Lipinski definition) is 2. The molecule has 23 heavy (non-hydrogen) atoms. The first-order valence-corrected chi connectivity index (χ1v) is 10.1. The van der Waals surface area contributed by atoms with E-state index >= 15 is 0 Å². The smallest absolute Gasteiger partial charge is 0.242 e. The molecular weight excluding hydrogens is 345 g/mol. The molecule has 1 rings (SSSR count). The van der Waals surface area contributed by atoms with Crippen molar-refractivity contribution in [3.05, 3.63) is 24.0 Å². The summed E-state index contributed by atoms with van der Waals surface area (Å²) >= 11 is 0. The van der Waals surface area contributed by atoms with Crippen LogP contribution in [0.5, 0.6) is 0 Å². The average Bonchev–Trinajstić information content (AvgIpc) is 2.39. The largest absolute Gasteiger partial charge is 0.330 e. The molecule has 0 fully saturated rings. The number of anilines is 1. The maximum absolute atomic E-state index is 13.9. The van der Waals surface area contributed by atoms with Crippen molar-refractivity contribution in [2.75, 3.05) is 31.1 Å². The van der Waals surface area contributed by atoms with Gasteiger partial charge >= 0.3 is 0 Å². The molecule has 0 radical (unpaired) electrons. The highest BCUT2D eigenvalue weighted by molar-refractivity contribution is 7.92. The summed E-state index contributed by atoms with van der Waals surface area (Å²) in [6.45, 7) is 4.09. The summed E-state index contributed by atoms with van der Waals surface area (Å²) in [7, 11) is -6.18. The number of nitrogens with one attached hydrogen (secondary N) is 1. The van der Waals surface area contributed by atoms with Crippen LogP contribution in [0.15, 0.2) is 23.1 Å². The summed E-state index contributed by atoms with van der Waals surface area (Å²) < 4.78 is 64.2. The molecule has 1 aromatic carbocycles. The molecule has 1 aromatic rings. The third-order valence-electron chi connectivity index (χ3n) is 3.15. The highest BCUT2D eigenvalue weighted by Crippen LogP contribution is 2.24. The van der Waals surface area contributed by atoms with Crippen molar-refractivity contribution >= 4 is 25.7 Å². The van der Waals surface area contributed by atoms with Crippen molar-refractivity contribution in [2.45, 2.75) is 18.7 Å². The first-order valence-electron chi connectivity index (χ1n) is 6.72. The molecule has 0 amide bonds. The van der Waals surface area contributed by atoms with Gasteiger partial charge in [0.15, 0.2) is 0 Å². The predicted molar refractivity (Wildman–Crippen MR) is 87.5 cm³/mol. The molecule has 132 valence electrons. The number of hydrogen-bond acceptors (Lipinski definition) is 5. The molecule has 0 spiro atoms. The Morgan fingerprint density at radius 1 is 1.26 bits per heavy atom. The summed E-state index contributed by atoms with van der Waals surface area (Å²) in [4.78, 5) is -0.260. The van der Waals surface area contributed by atoms with E-state index in [9.17, 15) is 21.2 Å². The normalized spacial score (nSPS) is 13.3. The molecule has 0 atom stereocenters. The van der Waals surface area contributed by atoms with Crippen LogP contribution in [0.4, 0.5) is 10.1 Å². The number of benzene rings is 1. The van der Waals surface area contributed by atoms with Crippen molar-refractivity contribution in [1.82, 2.24) is 4.31 Å². The van der Waals surface area contributed by atoms with E-state index in [-0.39, 0.29) is 17.1 Å². The van der Waals surface area contributed by atoms with Gasteiger partial charge < -0.3 is 5.73 Å². The highest BCUT2D eigenvalue weighted by atomic mass is 32.2. The standard InChI is InChI=1S/C13H22FN3O4S2/c1-13(2,8-15)9-17(3)23(20,21)10-5-6-12(11(14)7-10)16-22(4,18)19/h5-7,16H,8-9,15H2,1-4H3. The minimum atomic E-state index is -3.90. The summed E-state index contributed by atoms with van der Waals surface area (Å²) in [6, 6.07) is 3.01. The third kappa shape index (κ3) is 5.41. The minimum absolute atomic E-state index is 0.163. The molecule has 0 aliphatic heterocycles. The van der Waals surface area contributed by atoms with E-state index in [4.69, 9.17) is 5.73 Å². The van der Waals surface area contributed by atoms with Crippen LogP contribution in [-0.2, 0) is 20.0 Å².